The van der Waals surface area contributed by atoms with E-state index in [0.29, 0.717) is 12.8 Å². The lowest BCUT2D eigenvalue weighted by Crippen LogP contribution is -2.10. The van der Waals surface area contributed by atoms with Gasteiger partial charge in [0.15, 0.2) is 6.49 Å². The highest BCUT2D eigenvalue weighted by Crippen LogP contribution is 2.44. The van der Waals surface area contributed by atoms with Gasteiger partial charge in [-0.1, -0.05) is 91.0 Å². The van der Waals surface area contributed by atoms with Gasteiger partial charge < -0.3 is 9.42 Å². The first-order valence-electron chi connectivity index (χ1n) is 8.74. The predicted molar refractivity (Wildman–Crippen MR) is 112 cm³/mol. The largest absolute Gasteiger partial charge is 0.345 e. The van der Waals surface area contributed by atoms with Gasteiger partial charge in [-0.2, -0.15) is 0 Å². The summed E-state index contributed by atoms with van der Waals surface area (Å²) in [6.07, 6.45) is 1.22. The van der Waals surface area contributed by atoms with Crippen LogP contribution in [0.4, 0.5) is 0 Å². The average molecular weight is 382 g/mol. The van der Waals surface area contributed by atoms with Gasteiger partial charge in [-0.05, 0) is 34.9 Å². The van der Waals surface area contributed by atoms with Gasteiger partial charge in [-0.3, -0.25) is 0 Å². The first kappa shape index (κ1) is 19.0. The highest BCUT2D eigenvalue weighted by molar-refractivity contribution is 8.09. The molecule has 3 rings (SSSR count). The molecule has 0 aliphatic heterocycles. The lowest BCUT2D eigenvalue weighted by atomic mass is 9.92. The number of hydrogen-bond donors (Lipinski definition) is 1. The van der Waals surface area contributed by atoms with Crippen LogP contribution in [0.2, 0.25) is 0 Å². The van der Waals surface area contributed by atoms with Crippen molar-refractivity contribution in [1.29, 1.82) is 0 Å². The van der Waals surface area contributed by atoms with Crippen molar-refractivity contribution in [2.45, 2.75) is 12.3 Å². The van der Waals surface area contributed by atoms with E-state index in [1.165, 1.54) is 5.56 Å². The Morgan fingerprint density at radius 1 is 0.769 bits per heavy atom. The second kappa shape index (κ2) is 9.25. The zero-order valence-electron chi connectivity index (χ0n) is 14.6. The summed E-state index contributed by atoms with van der Waals surface area (Å²) in [6.45, 7) is -2.43. The van der Waals surface area contributed by atoms with Gasteiger partial charge in [0.25, 0.3) is 0 Å². The van der Waals surface area contributed by atoms with E-state index in [-0.39, 0.29) is 5.92 Å². The third kappa shape index (κ3) is 5.62. The molecule has 1 atom stereocenters. The molecule has 1 N–H and O–H groups in total. The molecule has 0 bridgehead atoms. The minimum absolute atomic E-state index is 0.0589. The van der Waals surface area contributed by atoms with E-state index in [2.05, 4.69) is 24.3 Å². The third-order valence-corrected chi connectivity index (χ3v) is 6.58. The van der Waals surface area contributed by atoms with Crippen LogP contribution in [0.3, 0.4) is 0 Å². The number of aryl methyl sites for hydroxylation is 1. The predicted octanol–water partition coefficient (Wildman–Crippen LogP) is 5.38. The third-order valence-electron chi connectivity index (χ3n) is 4.37. The van der Waals surface area contributed by atoms with Crippen molar-refractivity contribution >= 4 is 18.3 Å². The SMILES string of the molecule is OP(=S)(CCc1ccccc1)OCC(c1ccccc1)c1ccccc1. The van der Waals surface area contributed by atoms with Gasteiger partial charge in [-0.25, -0.2) is 0 Å². The van der Waals surface area contributed by atoms with Crippen LogP contribution in [0.15, 0.2) is 91.0 Å². The summed E-state index contributed by atoms with van der Waals surface area (Å²) in [5, 5.41) is 0. The first-order chi connectivity index (χ1) is 12.6. The van der Waals surface area contributed by atoms with Crippen LogP contribution in [0.5, 0.6) is 0 Å². The molecule has 3 aromatic carbocycles. The summed E-state index contributed by atoms with van der Waals surface area (Å²) in [7, 11) is 0. The lowest BCUT2D eigenvalue weighted by Gasteiger charge is -2.22. The molecule has 0 aliphatic carbocycles. The molecule has 0 radical (unpaired) electrons. The molecule has 2 nitrogen and oxygen atoms in total. The van der Waals surface area contributed by atoms with Crippen LogP contribution >= 0.6 is 6.49 Å². The van der Waals surface area contributed by atoms with E-state index in [4.69, 9.17) is 16.3 Å². The van der Waals surface area contributed by atoms with Gasteiger partial charge in [-0.15, -0.1) is 0 Å². The van der Waals surface area contributed by atoms with Crippen LogP contribution < -0.4 is 0 Å². The highest BCUT2D eigenvalue weighted by Gasteiger charge is 2.20. The smallest absolute Gasteiger partial charge is 0.186 e. The minimum Gasteiger partial charge on any atom is -0.345 e. The van der Waals surface area contributed by atoms with Crippen molar-refractivity contribution in [2.75, 3.05) is 12.8 Å². The van der Waals surface area contributed by atoms with E-state index < -0.39 is 6.49 Å². The Labute approximate surface area is 160 Å². The van der Waals surface area contributed by atoms with Gasteiger partial charge in [0, 0.05) is 12.1 Å². The lowest BCUT2D eigenvalue weighted by molar-refractivity contribution is 0.295. The number of rotatable bonds is 8. The molecule has 0 aliphatic rings. The first-order valence-corrected chi connectivity index (χ1v) is 11.6. The van der Waals surface area contributed by atoms with Gasteiger partial charge >= 0.3 is 0 Å². The van der Waals surface area contributed by atoms with Gasteiger partial charge in [0.1, 0.15) is 0 Å². The fourth-order valence-electron chi connectivity index (χ4n) is 2.93. The zero-order valence-corrected chi connectivity index (χ0v) is 16.3. The molecular weight excluding hydrogens is 359 g/mol. The van der Waals surface area contributed by atoms with Crippen molar-refractivity contribution in [3.8, 4) is 0 Å². The second-order valence-electron chi connectivity index (χ2n) is 6.27. The topological polar surface area (TPSA) is 29.5 Å². The molecule has 0 saturated heterocycles. The second-order valence-corrected chi connectivity index (χ2v) is 9.96. The fraction of sp³-hybridized carbons (Fsp3) is 0.182. The average Bonchev–Trinajstić information content (AvgIpc) is 2.69. The van der Waals surface area contributed by atoms with E-state index in [9.17, 15) is 4.89 Å². The maximum atomic E-state index is 10.6. The molecule has 0 spiro atoms. The molecule has 26 heavy (non-hydrogen) atoms. The summed E-state index contributed by atoms with van der Waals surface area (Å²) in [5.41, 5.74) is 3.50. The molecule has 0 fully saturated rings. The Morgan fingerprint density at radius 2 is 1.23 bits per heavy atom. The summed E-state index contributed by atoms with van der Waals surface area (Å²) < 4.78 is 5.90. The maximum absolute atomic E-state index is 10.6. The Kier molecular flexibility index (Phi) is 6.76. The van der Waals surface area contributed by atoms with Crippen LogP contribution in [0.1, 0.15) is 22.6 Å². The maximum Gasteiger partial charge on any atom is 0.186 e. The van der Waals surface area contributed by atoms with Crippen molar-refractivity contribution in [1.82, 2.24) is 0 Å². The van der Waals surface area contributed by atoms with E-state index in [1.54, 1.807) is 0 Å². The van der Waals surface area contributed by atoms with Crippen LogP contribution in [-0.2, 0) is 22.8 Å². The summed E-state index contributed by atoms with van der Waals surface area (Å²) >= 11 is 5.41. The molecule has 0 heterocycles. The minimum atomic E-state index is -2.82. The normalized spacial score (nSPS) is 13.5. The summed E-state index contributed by atoms with van der Waals surface area (Å²) in [6, 6.07) is 30.5. The summed E-state index contributed by atoms with van der Waals surface area (Å²) in [4.78, 5) is 10.6. The van der Waals surface area contributed by atoms with Crippen molar-refractivity contribution in [3.63, 3.8) is 0 Å². The van der Waals surface area contributed by atoms with Gasteiger partial charge in [0.2, 0.25) is 0 Å². The Morgan fingerprint density at radius 3 is 1.73 bits per heavy atom. The molecule has 3 aromatic rings. The number of hydrogen-bond acceptors (Lipinski definition) is 2. The molecule has 134 valence electrons. The molecule has 0 aromatic heterocycles. The monoisotopic (exact) mass is 382 g/mol. The highest BCUT2D eigenvalue weighted by atomic mass is 32.5. The van der Waals surface area contributed by atoms with Crippen molar-refractivity contribution < 1.29 is 9.42 Å². The Hall–Kier alpha value is -1.77. The quantitative estimate of drug-likeness (QED) is 0.531. The standard InChI is InChI=1S/C22H23O2PS/c23-25(26,17-16-19-10-4-1-5-11-19)24-18-22(20-12-6-2-7-13-20)21-14-8-3-9-15-21/h1-15,22H,16-18H2,(H,23,26). The molecule has 4 heteroatoms. The Balaban J connectivity index is 1.68. The Bertz CT molecular complexity index is 798. The van der Waals surface area contributed by atoms with Crippen molar-refractivity contribution in [2.24, 2.45) is 0 Å². The van der Waals surface area contributed by atoms with Crippen LogP contribution in [-0.4, -0.2) is 17.7 Å². The van der Waals surface area contributed by atoms with E-state index in [0.717, 1.165) is 17.5 Å². The molecule has 0 saturated carbocycles. The molecule has 0 amide bonds. The fourth-order valence-corrected chi connectivity index (χ4v) is 4.43. The van der Waals surface area contributed by atoms with Crippen molar-refractivity contribution in [3.05, 3.63) is 108 Å². The van der Waals surface area contributed by atoms with E-state index >= 15 is 0 Å². The summed E-state index contributed by atoms with van der Waals surface area (Å²) in [5.74, 6) is 0.0589. The van der Waals surface area contributed by atoms with Crippen LogP contribution in [0.25, 0.3) is 0 Å². The molecule has 1 unspecified atom stereocenters. The number of benzene rings is 3. The van der Waals surface area contributed by atoms with Crippen LogP contribution in [0, 0.1) is 0 Å². The zero-order chi connectivity index (χ0) is 18.2. The van der Waals surface area contributed by atoms with Gasteiger partial charge in [0.05, 0.1) is 6.61 Å². The molecular formula is C22H23O2PS. The van der Waals surface area contributed by atoms with E-state index in [1.807, 2.05) is 66.7 Å².